The Balaban J connectivity index is 1.99. The van der Waals surface area contributed by atoms with Crippen molar-refractivity contribution in [2.24, 2.45) is 0 Å². The molecular weight excluding hydrogens is 412 g/mol. The van der Waals surface area contributed by atoms with E-state index >= 15 is 0 Å². The molecule has 1 N–H and O–H groups in total. The number of carbonyl (C=O) groups is 3. The number of nitrogens with zero attached hydrogens (tertiary/aromatic N) is 1. The summed E-state index contributed by atoms with van der Waals surface area (Å²) in [7, 11) is 1.14. The number of nitro groups is 1. The third kappa shape index (κ3) is 4.33. The number of amides is 1. The Morgan fingerprint density at radius 3 is 2.50 bits per heavy atom. The van der Waals surface area contributed by atoms with Crippen LogP contribution in [0.3, 0.4) is 0 Å². The summed E-state index contributed by atoms with van der Waals surface area (Å²) in [6.45, 7) is 1.90. The number of anilines is 1. The van der Waals surface area contributed by atoms with Gasteiger partial charge < -0.3 is 14.8 Å². The summed E-state index contributed by atoms with van der Waals surface area (Å²) in [5, 5.41) is 14.2. The first-order valence-corrected chi connectivity index (χ1v) is 10.2. The Bertz CT molecular complexity index is 1030. The second-order valence-corrected chi connectivity index (χ2v) is 7.71. The van der Waals surface area contributed by atoms with Gasteiger partial charge in [0.1, 0.15) is 5.00 Å². The molecule has 0 unspecified atom stereocenters. The van der Waals surface area contributed by atoms with Crippen LogP contribution in [-0.4, -0.2) is 36.5 Å². The highest BCUT2D eigenvalue weighted by molar-refractivity contribution is 7.17. The molecule has 1 heterocycles. The predicted octanol–water partition coefficient (Wildman–Crippen LogP) is 3.75. The minimum Gasteiger partial charge on any atom is -0.465 e. The quantitative estimate of drug-likeness (QED) is 0.419. The number of ether oxygens (including phenoxy) is 2. The number of esters is 2. The molecule has 1 aliphatic rings. The van der Waals surface area contributed by atoms with Gasteiger partial charge in [-0.25, -0.2) is 9.59 Å². The molecule has 3 rings (SSSR count). The molecular formula is C20H20N2O7S. The van der Waals surface area contributed by atoms with Gasteiger partial charge in [0.25, 0.3) is 11.6 Å². The summed E-state index contributed by atoms with van der Waals surface area (Å²) in [5.41, 5.74) is 0.593. The summed E-state index contributed by atoms with van der Waals surface area (Å²) in [5.74, 6) is -1.99. The zero-order valence-corrected chi connectivity index (χ0v) is 17.3. The molecule has 0 bridgehead atoms. The van der Waals surface area contributed by atoms with Gasteiger partial charge in [0.2, 0.25) is 0 Å². The van der Waals surface area contributed by atoms with Gasteiger partial charge in [-0.15, -0.1) is 11.3 Å². The number of non-ortho nitro benzene ring substituents is 1. The van der Waals surface area contributed by atoms with Crippen molar-refractivity contribution in [3.05, 3.63) is 55.4 Å². The van der Waals surface area contributed by atoms with Gasteiger partial charge in [0.15, 0.2) is 0 Å². The van der Waals surface area contributed by atoms with Crippen molar-refractivity contribution >= 4 is 39.9 Å². The fraction of sp³-hybridized carbons (Fsp3) is 0.350. The molecule has 1 amide bonds. The topological polar surface area (TPSA) is 125 Å². The number of nitrogens with one attached hydrogen (secondary N) is 1. The van der Waals surface area contributed by atoms with E-state index in [1.165, 1.54) is 17.4 Å². The number of carbonyl (C=O) groups excluding carboxylic acids is 3. The highest BCUT2D eigenvalue weighted by atomic mass is 32.1. The fourth-order valence-electron chi connectivity index (χ4n) is 3.33. The van der Waals surface area contributed by atoms with E-state index in [4.69, 9.17) is 4.74 Å². The summed E-state index contributed by atoms with van der Waals surface area (Å²) >= 11 is 1.31. The lowest BCUT2D eigenvalue weighted by atomic mass is 9.95. The van der Waals surface area contributed by atoms with Crippen molar-refractivity contribution in [2.45, 2.75) is 32.6 Å². The lowest BCUT2D eigenvalue weighted by molar-refractivity contribution is -0.384. The predicted molar refractivity (Wildman–Crippen MR) is 109 cm³/mol. The standard InChI is InChI=1S/C20H20N2O7S/c1-3-29-20(25)16-14-6-4-5-7-15(14)30-18(16)21-17(23)11-8-12(19(24)28-2)10-13(9-11)22(26)27/h8-10H,3-7H2,1-2H3,(H,21,23). The maximum atomic E-state index is 12.9. The fourth-order valence-corrected chi connectivity index (χ4v) is 4.60. The Kier molecular flexibility index (Phi) is 6.46. The molecule has 0 saturated carbocycles. The zero-order valence-electron chi connectivity index (χ0n) is 16.5. The van der Waals surface area contributed by atoms with Gasteiger partial charge >= 0.3 is 11.9 Å². The average Bonchev–Trinajstić information content (AvgIpc) is 3.10. The van der Waals surface area contributed by atoms with Crippen molar-refractivity contribution in [1.29, 1.82) is 0 Å². The van der Waals surface area contributed by atoms with Crippen LogP contribution < -0.4 is 5.32 Å². The number of aryl methyl sites for hydroxylation is 1. The van der Waals surface area contributed by atoms with Gasteiger partial charge in [0, 0.05) is 22.6 Å². The summed E-state index contributed by atoms with van der Waals surface area (Å²) in [6.07, 6.45) is 3.47. The maximum absolute atomic E-state index is 12.9. The van der Waals surface area contributed by atoms with Gasteiger partial charge in [-0.2, -0.15) is 0 Å². The first-order chi connectivity index (χ1) is 14.3. The van der Waals surface area contributed by atoms with E-state index < -0.39 is 28.5 Å². The minimum atomic E-state index is -0.799. The maximum Gasteiger partial charge on any atom is 0.341 e. The van der Waals surface area contributed by atoms with Crippen LogP contribution in [-0.2, 0) is 22.3 Å². The molecule has 1 aromatic heterocycles. The van der Waals surface area contributed by atoms with E-state index in [2.05, 4.69) is 10.1 Å². The molecule has 158 valence electrons. The number of thiophene rings is 1. The van der Waals surface area contributed by atoms with E-state index in [1.807, 2.05) is 0 Å². The molecule has 0 spiro atoms. The molecule has 0 saturated heterocycles. The first-order valence-electron chi connectivity index (χ1n) is 9.36. The van der Waals surface area contributed by atoms with Crippen molar-refractivity contribution in [1.82, 2.24) is 0 Å². The van der Waals surface area contributed by atoms with E-state index in [0.29, 0.717) is 10.6 Å². The number of hydrogen-bond acceptors (Lipinski definition) is 8. The second-order valence-electron chi connectivity index (χ2n) is 6.61. The number of nitro benzene ring substituents is 1. The molecule has 0 fully saturated rings. The third-order valence-electron chi connectivity index (χ3n) is 4.69. The van der Waals surface area contributed by atoms with Crippen LogP contribution in [0.2, 0.25) is 0 Å². The second kappa shape index (κ2) is 9.04. The van der Waals surface area contributed by atoms with Crippen molar-refractivity contribution in [3.8, 4) is 0 Å². The molecule has 0 atom stereocenters. The monoisotopic (exact) mass is 432 g/mol. The van der Waals surface area contributed by atoms with Crippen LogP contribution in [0.5, 0.6) is 0 Å². The average molecular weight is 432 g/mol. The first kappa shape index (κ1) is 21.4. The van der Waals surface area contributed by atoms with Crippen molar-refractivity contribution < 1.29 is 28.8 Å². The number of benzene rings is 1. The summed E-state index contributed by atoms with van der Waals surface area (Å²) in [4.78, 5) is 48.8. The van der Waals surface area contributed by atoms with Crippen LogP contribution in [0.4, 0.5) is 10.7 Å². The van der Waals surface area contributed by atoms with Gasteiger partial charge in [-0.3, -0.25) is 14.9 Å². The van der Waals surface area contributed by atoms with Gasteiger partial charge in [-0.05, 0) is 44.2 Å². The molecule has 0 radical (unpaired) electrons. The smallest absolute Gasteiger partial charge is 0.341 e. The van der Waals surface area contributed by atoms with Crippen LogP contribution >= 0.6 is 11.3 Å². The van der Waals surface area contributed by atoms with Crippen LogP contribution in [0.15, 0.2) is 18.2 Å². The van der Waals surface area contributed by atoms with Crippen molar-refractivity contribution in [2.75, 3.05) is 19.0 Å². The van der Waals surface area contributed by atoms with Crippen LogP contribution in [0.25, 0.3) is 0 Å². The van der Waals surface area contributed by atoms with E-state index in [-0.39, 0.29) is 17.7 Å². The highest BCUT2D eigenvalue weighted by Gasteiger charge is 2.28. The number of hydrogen-bond donors (Lipinski definition) is 1. The van der Waals surface area contributed by atoms with E-state index in [9.17, 15) is 24.5 Å². The normalized spacial score (nSPS) is 12.6. The minimum absolute atomic E-state index is 0.0919. The Morgan fingerprint density at radius 2 is 1.83 bits per heavy atom. The Labute approximate surface area is 176 Å². The van der Waals surface area contributed by atoms with Gasteiger partial charge in [0.05, 0.1) is 29.8 Å². The largest absolute Gasteiger partial charge is 0.465 e. The molecule has 30 heavy (non-hydrogen) atoms. The molecule has 10 heteroatoms. The molecule has 1 aromatic carbocycles. The molecule has 2 aromatic rings. The highest BCUT2D eigenvalue weighted by Crippen LogP contribution is 2.39. The van der Waals surface area contributed by atoms with E-state index in [1.54, 1.807) is 6.92 Å². The molecule has 1 aliphatic carbocycles. The Morgan fingerprint density at radius 1 is 1.13 bits per heavy atom. The van der Waals surface area contributed by atoms with Crippen LogP contribution in [0, 0.1) is 10.1 Å². The number of rotatable bonds is 6. The van der Waals surface area contributed by atoms with Crippen molar-refractivity contribution in [3.63, 3.8) is 0 Å². The lowest BCUT2D eigenvalue weighted by Crippen LogP contribution is -2.16. The van der Waals surface area contributed by atoms with Crippen LogP contribution in [0.1, 0.15) is 61.3 Å². The van der Waals surface area contributed by atoms with Gasteiger partial charge in [-0.1, -0.05) is 0 Å². The number of fused-ring (bicyclic) bond motifs is 1. The summed E-state index contributed by atoms with van der Waals surface area (Å²) in [6, 6.07) is 3.32. The SMILES string of the molecule is CCOC(=O)c1c(NC(=O)c2cc(C(=O)OC)cc([N+](=O)[O-])c2)sc2c1CCCC2. The lowest BCUT2D eigenvalue weighted by Gasteiger charge is -2.12. The summed E-state index contributed by atoms with van der Waals surface area (Å²) < 4.78 is 9.77. The molecule has 0 aliphatic heterocycles. The van der Waals surface area contributed by atoms with E-state index in [0.717, 1.165) is 55.4 Å². The third-order valence-corrected chi connectivity index (χ3v) is 5.90. The molecule has 9 nitrogen and oxygen atoms in total. The zero-order chi connectivity index (χ0) is 21.8. The number of methoxy groups -OCH3 is 1. The Hall–Kier alpha value is -3.27.